The molecule has 2 aromatic rings. The number of amides is 1. The van der Waals surface area contributed by atoms with Gasteiger partial charge in [0.1, 0.15) is 11.2 Å². The van der Waals surface area contributed by atoms with Gasteiger partial charge in [0.25, 0.3) is 5.56 Å². The van der Waals surface area contributed by atoms with Gasteiger partial charge >= 0.3 is 5.69 Å². The van der Waals surface area contributed by atoms with E-state index >= 15 is 0 Å². The van der Waals surface area contributed by atoms with E-state index in [1.807, 2.05) is 11.8 Å². The number of nitrogens with zero attached hydrogens (tertiary/aromatic N) is 3. The molecule has 1 aliphatic heterocycles. The number of rotatable bonds is 4. The highest BCUT2D eigenvalue weighted by Crippen LogP contribution is 2.21. The van der Waals surface area contributed by atoms with Crippen LogP contribution in [0.5, 0.6) is 0 Å². The number of hydrogen-bond acceptors (Lipinski definition) is 4. The normalized spacial score (nSPS) is 21.0. The third-order valence-corrected chi connectivity index (χ3v) is 5.69. The highest BCUT2D eigenvalue weighted by Gasteiger charge is 2.26. The zero-order valence-corrected chi connectivity index (χ0v) is 15.8. The fourth-order valence-electron chi connectivity index (χ4n) is 3.81. The van der Waals surface area contributed by atoms with Gasteiger partial charge < -0.3 is 4.90 Å². The van der Waals surface area contributed by atoms with Crippen LogP contribution >= 0.6 is 11.3 Å². The first-order chi connectivity index (χ1) is 11.9. The molecule has 0 aromatic carbocycles. The third-order valence-electron chi connectivity index (χ3n) is 4.80. The van der Waals surface area contributed by atoms with Gasteiger partial charge in [-0.2, -0.15) is 0 Å². The van der Waals surface area contributed by atoms with E-state index in [-0.39, 0.29) is 23.7 Å². The Morgan fingerprint density at radius 2 is 1.88 bits per heavy atom. The van der Waals surface area contributed by atoms with Crippen molar-refractivity contribution in [3.63, 3.8) is 0 Å². The van der Waals surface area contributed by atoms with Crippen molar-refractivity contribution in [1.29, 1.82) is 0 Å². The van der Waals surface area contributed by atoms with Crippen LogP contribution in [0.25, 0.3) is 10.2 Å². The smallest absolute Gasteiger partial charge is 0.332 e. The van der Waals surface area contributed by atoms with E-state index in [9.17, 15) is 14.4 Å². The van der Waals surface area contributed by atoms with Gasteiger partial charge in [-0.25, -0.2) is 4.79 Å². The number of piperidine rings is 1. The maximum atomic E-state index is 12.8. The Bertz CT molecular complexity index is 885. The first-order valence-corrected chi connectivity index (χ1v) is 9.79. The summed E-state index contributed by atoms with van der Waals surface area (Å²) < 4.78 is 3.27. The lowest BCUT2D eigenvalue weighted by molar-refractivity contribution is -0.134. The molecule has 6 nitrogen and oxygen atoms in total. The predicted octanol–water partition coefficient (Wildman–Crippen LogP) is 2.14. The molecule has 25 heavy (non-hydrogen) atoms. The maximum absolute atomic E-state index is 12.8. The standard InChI is InChI=1S/C18H25N3O3S/c1-4-6-20-17(23)16-14(5-7-25-16)21(18(20)24)11-15(22)19-9-12(2)8-13(3)10-19/h5,7,12-13H,4,6,8-11H2,1-3H3/t12-,13-/m0/s1. The summed E-state index contributed by atoms with van der Waals surface area (Å²) in [5.74, 6) is 0.897. The largest absolute Gasteiger partial charge is 0.341 e. The molecule has 1 saturated heterocycles. The van der Waals surface area contributed by atoms with E-state index in [0.717, 1.165) is 19.5 Å². The molecule has 0 spiro atoms. The van der Waals surface area contributed by atoms with Gasteiger partial charge in [0.2, 0.25) is 5.91 Å². The Morgan fingerprint density at radius 1 is 1.20 bits per heavy atom. The molecule has 1 fully saturated rings. The van der Waals surface area contributed by atoms with Crippen molar-refractivity contribution >= 4 is 27.5 Å². The molecular formula is C18H25N3O3S. The summed E-state index contributed by atoms with van der Waals surface area (Å²) in [4.78, 5) is 40.0. The van der Waals surface area contributed by atoms with Crippen LogP contribution < -0.4 is 11.2 Å². The quantitative estimate of drug-likeness (QED) is 0.836. The maximum Gasteiger partial charge on any atom is 0.332 e. The third kappa shape index (κ3) is 3.42. The van der Waals surface area contributed by atoms with Gasteiger partial charge in [-0.1, -0.05) is 20.8 Å². The highest BCUT2D eigenvalue weighted by molar-refractivity contribution is 7.17. The second-order valence-corrected chi connectivity index (χ2v) is 8.12. The summed E-state index contributed by atoms with van der Waals surface area (Å²) in [6.45, 7) is 8.07. The van der Waals surface area contributed by atoms with Crippen LogP contribution in [0.15, 0.2) is 21.0 Å². The summed E-state index contributed by atoms with van der Waals surface area (Å²) in [6.07, 6.45) is 1.82. The lowest BCUT2D eigenvalue weighted by atomic mass is 9.92. The van der Waals surface area contributed by atoms with Gasteiger partial charge in [-0.15, -0.1) is 11.3 Å². The Labute approximate surface area is 150 Å². The molecule has 2 atom stereocenters. The molecule has 1 amide bonds. The van der Waals surface area contributed by atoms with E-state index in [1.54, 1.807) is 11.4 Å². The summed E-state index contributed by atoms with van der Waals surface area (Å²) in [6, 6.07) is 1.76. The fourth-order valence-corrected chi connectivity index (χ4v) is 4.65. The molecule has 1 aliphatic rings. The van der Waals surface area contributed by atoms with Crippen LogP contribution in [0, 0.1) is 11.8 Å². The van der Waals surface area contributed by atoms with E-state index in [0.29, 0.717) is 35.0 Å². The summed E-state index contributed by atoms with van der Waals surface area (Å²) in [5.41, 5.74) is -0.0659. The average molecular weight is 363 g/mol. The van der Waals surface area contributed by atoms with Crippen LogP contribution in [-0.4, -0.2) is 33.0 Å². The van der Waals surface area contributed by atoms with Crippen LogP contribution in [0.3, 0.4) is 0 Å². The summed E-state index contributed by atoms with van der Waals surface area (Å²) in [7, 11) is 0. The Kier molecular flexibility index (Phi) is 5.13. The number of thiophene rings is 1. The molecule has 3 rings (SSSR count). The van der Waals surface area contributed by atoms with Crippen molar-refractivity contribution in [2.75, 3.05) is 13.1 Å². The van der Waals surface area contributed by atoms with Gasteiger partial charge in [-0.3, -0.25) is 18.7 Å². The number of likely N-dealkylation sites (tertiary alicyclic amines) is 1. The van der Waals surface area contributed by atoms with Gasteiger partial charge in [0.15, 0.2) is 0 Å². The monoisotopic (exact) mass is 363 g/mol. The Balaban J connectivity index is 1.98. The van der Waals surface area contributed by atoms with Crippen molar-refractivity contribution in [3.05, 3.63) is 32.3 Å². The lowest BCUT2D eigenvalue weighted by Gasteiger charge is -2.35. The number of fused-ring (bicyclic) bond motifs is 1. The zero-order chi connectivity index (χ0) is 18.1. The number of carbonyl (C=O) groups is 1. The minimum absolute atomic E-state index is 0.00446. The number of hydrogen-bond donors (Lipinski definition) is 0. The molecule has 3 heterocycles. The number of aromatic nitrogens is 2. The topological polar surface area (TPSA) is 64.3 Å². The lowest BCUT2D eigenvalue weighted by Crippen LogP contribution is -2.46. The van der Waals surface area contributed by atoms with E-state index in [1.165, 1.54) is 20.5 Å². The molecule has 0 aliphatic carbocycles. The van der Waals surface area contributed by atoms with Gasteiger partial charge in [0, 0.05) is 19.6 Å². The molecule has 136 valence electrons. The zero-order valence-electron chi connectivity index (χ0n) is 15.0. The van der Waals surface area contributed by atoms with Crippen LogP contribution in [-0.2, 0) is 17.9 Å². The molecule has 0 unspecified atom stereocenters. The molecular weight excluding hydrogens is 338 g/mol. The fraction of sp³-hybridized carbons (Fsp3) is 0.611. The van der Waals surface area contributed by atoms with Crippen molar-refractivity contribution in [3.8, 4) is 0 Å². The molecule has 0 bridgehead atoms. The molecule has 0 radical (unpaired) electrons. The van der Waals surface area contributed by atoms with Crippen LogP contribution in [0.2, 0.25) is 0 Å². The van der Waals surface area contributed by atoms with Crippen molar-refractivity contribution < 1.29 is 4.79 Å². The average Bonchev–Trinajstić information content (AvgIpc) is 3.04. The SMILES string of the molecule is CCCn1c(=O)c2sccc2n(CC(=O)N2C[C@@H](C)C[C@H](C)C2)c1=O. The van der Waals surface area contributed by atoms with Crippen LogP contribution in [0.4, 0.5) is 0 Å². The van der Waals surface area contributed by atoms with Crippen molar-refractivity contribution in [2.24, 2.45) is 11.8 Å². The van der Waals surface area contributed by atoms with E-state index in [2.05, 4.69) is 13.8 Å². The minimum atomic E-state index is -0.385. The first kappa shape index (κ1) is 17.9. The molecule has 2 aromatic heterocycles. The summed E-state index contributed by atoms with van der Waals surface area (Å²) in [5, 5.41) is 1.80. The Hall–Kier alpha value is -1.89. The first-order valence-electron chi connectivity index (χ1n) is 8.91. The predicted molar refractivity (Wildman–Crippen MR) is 100 cm³/mol. The summed E-state index contributed by atoms with van der Waals surface area (Å²) >= 11 is 1.32. The van der Waals surface area contributed by atoms with Gasteiger partial charge in [-0.05, 0) is 36.1 Å². The van der Waals surface area contributed by atoms with Crippen molar-refractivity contribution in [1.82, 2.24) is 14.0 Å². The second kappa shape index (κ2) is 7.15. The Morgan fingerprint density at radius 3 is 2.52 bits per heavy atom. The number of carbonyl (C=O) groups excluding carboxylic acids is 1. The van der Waals surface area contributed by atoms with E-state index in [4.69, 9.17) is 0 Å². The molecule has 7 heteroatoms. The van der Waals surface area contributed by atoms with Gasteiger partial charge in [0.05, 0.1) is 5.52 Å². The molecule has 0 saturated carbocycles. The highest BCUT2D eigenvalue weighted by atomic mass is 32.1. The van der Waals surface area contributed by atoms with Crippen molar-refractivity contribution in [2.45, 2.75) is 46.7 Å². The molecule has 0 N–H and O–H groups in total. The van der Waals surface area contributed by atoms with Crippen LogP contribution in [0.1, 0.15) is 33.6 Å². The van der Waals surface area contributed by atoms with E-state index < -0.39 is 0 Å². The second-order valence-electron chi connectivity index (χ2n) is 7.21. The minimum Gasteiger partial charge on any atom is -0.341 e.